The molecule has 27 heavy (non-hydrogen) atoms. The molecule has 0 bridgehead atoms. The second kappa shape index (κ2) is 9.90. The van der Waals surface area contributed by atoms with Crippen molar-refractivity contribution in [3.8, 4) is 0 Å². The molecule has 2 aromatic rings. The molecule has 3 rings (SSSR count). The highest BCUT2D eigenvalue weighted by atomic mass is 32.1. The molecule has 146 valence electrons. The first-order chi connectivity index (χ1) is 13.1. The molecule has 1 fully saturated rings. The summed E-state index contributed by atoms with van der Waals surface area (Å²) in [4.78, 5) is 4.79. The fourth-order valence-electron chi connectivity index (χ4n) is 3.49. The summed E-state index contributed by atoms with van der Waals surface area (Å²) >= 11 is 5.75. The third kappa shape index (κ3) is 6.08. The lowest BCUT2D eigenvalue weighted by atomic mass is 10.1. The summed E-state index contributed by atoms with van der Waals surface area (Å²) in [6.45, 7) is 9.29. The van der Waals surface area contributed by atoms with Gasteiger partial charge in [-0.15, -0.1) is 0 Å². The largest absolute Gasteiger partial charge is 0.467 e. The van der Waals surface area contributed by atoms with E-state index < -0.39 is 0 Å². The normalized spacial score (nSPS) is 15.3. The summed E-state index contributed by atoms with van der Waals surface area (Å²) in [6, 6.07) is 10.3. The van der Waals surface area contributed by atoms with Crippen molar-refractivity contribution < 1.29 is 4.42 Å². The van der Waals surface area contributed by atoms with Crippen molar-refractivity contribution in [1.82, 2.24) is 9.80 Å². The van der Waals surface area contributed by atoms with E-state index in [1.54, 1.807) is 6.26 Å². The summed E-state index contributed by atoms with van der Waals surface area (Å²) < 4.78 is 5.57. The molecule has 5 heteroatoms. The van der Waals surface area contributed by atoms with Gasteiger partial charge >= 0.3 is 0 Å². The maximum Gasteiger partial charge on any atom is 0.173 e. The van der Waals surface area contributed by atoms with Crippen molar-refractivity contribution in [2.45, 2.75) is 46.1 Å². The number of anilines is 1. The predicted octanol–water partition coefficient (Wildman–Crippen LogP) is 4.97. The molecular formula is C22H31N3OS. The third-order valence-corrected chi connectivity index (χ3v) is 5.72. The van der Waals surface area contributed by atoms with Crippen LogP contribution >= 0.6 is 12.2 Å². The second-order valence-electron chi connectivity index (χ2n) is 7.49. The summed E-state index contributed by atoms with van der Waals surface area (Å²) in [7, 11) is 0. The lowest BCUT2D eigenvalue weighted by molar-refractivity contribution is 0.247. The molecule has 1 N–H and O–H groups in total. The molecular weight excluding hydrogens is 354 g/mol. The molecule has 1 aliphatic heterocycles. The smallest absolute Gasteiger partial charge is 0.173 e. The zero-order valence-electron chi connectivity index (χ0n) is 16.5. The molecule has 0 spiro atoms. The number of nitrogens with zero attached hydrogens (tertiary/aromatic N) is 2. The summed E-state index contributed by atoms with van der Waals surface area (Å²) in [5.74, 6) is 0.940. The molecule has 0 radical (unpaired) electrons. The van der Waals surface area contributed by atoms with Crippen LogP contribution in [-0.2, 0) is 6.54 Å². The van der Waals surface area contributed by atoms with Crippen molar-refractivity contribution in [3.05, 3.63) is 53.5 Å². The van der Waals surface area contributed by atoms with Gasteiger partial charge in [0, 0.05) is 18.8 Å². The first kappa shape index (κ1) is 19.9. The van der Waals surface area contributed by atoms with Gasteiger partial charge in [0.05, 0.1) is 12.8 Å². The van der Waals surface area contributed by atoms with Gasteiger partial charge in [-0.25, -0.2) is 0 Å². The summed E-state index contributed by atoms with van der Waals surface area (Å²) in [6.07, 6.45) is 7.06. The molecule has 1 aliphatic rings. The van der Waals surface area contributed by atoms with Crippen molar-refractivity contribution in [2.24, 2.45) is 0 Å². The Morgan fingerprint density at radius 2 is 1.89 bits per heavy atom. The topological polar surface area (TPSA) is 31.6 Å². The molecule has 0 saturated carbocycles. The highest BCUT2D eigenvalue weighted by Gasteiger charge is 2.15. The number of benzene rings is 1. The van der Waals surface area contributed by atoms with Gasteiger partial charge < -0.3 is 19.5 Å². The number of likely N-dealkylation sites (tertiary alicyclic amines) is 1. The molecule has 0 atom stereocenters. The first-order valence-corrected chi connectivity index (χ1v) is 10.4. The van der Waals surface area contributed by atoms with E-state index in [-0.39, 0.29) is 0 Å². The van der Waals surface area contributed by atoms with E-state index in [0.717, 1.165) is 29.6 Å². The van der Waals surface area contributed by atoms with Crippen LogP contribution in [0.4, 0.5) is 5.69 Å². The van der Waals surface area contributed by atoms with Crippen LogP contribution in [0, 0.1) is 13.8 Å². The molecule has 1 aromatic heterocycles. The Morgan fingerprint density at radius 3 is 2.56 bits per heavy atom. The fraction of sp³-hybridized carbons (Fsp3) is 0.500. The van der Waals surface area contributed by atoms with Gasteiger partial charge in [-0.2, -0.15) is 0 Å². The molecule has 4 nitrogen and oxygen atoms in total. The van der Waals surface area contributed by atoms with E-state index in [2.05, 4.69) is 47.2 Å². The van der Waals surface area contributed by atoms with Crippen molar-refractivity contribution in [2.75, 3.05) is 31.5 Å². The highest BCUT2D eigenvalue weighted by Crippen LogP contribution is 2.16. The fourth-order valence-corrected chi connectivity index (χ4v) is 3.76. The minimum Gasteiger partial charge on any atom is -0.467 e. The van der Waals surface area contributed by atoms with E-state index in [9.17, 15) is 0 Å². The first-order valence-electron chi connectivity index (χ1n) is 10.00. The number of furan rings is 1. The Hall–Kier alpha value is -1.85. The van der Waals surface area contributed by atoms with Crippen LogP contribution < -0.4 is 5.32 Å². The lowest BCUT2D eigenvalue weighted by Crippen LogP contribution is -2.40. The second-order valence-corrected chi connectivity index (χ2v) is 7.87. The summed E-state index contributed by atoms with van der Waals surface area (Å²) in [5.41, 5.74) is 3.60. The van der Waals surface area contributed by atoms with Crippen LogP contribution in [0.1, 0.15) is 42.6 Å². The van der Waals surface area contributed by atoms with Crippen LogP contribution in [0.2, 0.25) is 0 Å². The van der Waals surface area contributed by atoms with Crippen molar-refractivity contribution in [3.63, 3.8) is 0 Å². The predicted molar refractivity (Wildman–Crippen MR) is 116 cm³/mol. The molecule has 1 aromatic carbocycles. The summed E-state index contributed by atoms with van der Waals surface area (Å²) in [5, 5.41) is 4.17. The van der Waals surface area contributed by atoms with E-state index in [1.165, 1.54) is 49.9 Å². The van der Waals surface area contributed by atoms with Crippen LogP contribution in [0.15, 0.2) is 41.0 Å². The van der Waals surface area contributed by atoms with Gasteiger partial charge in [-0.3, -0.25) is 0 Å². The maximum absolute atomic E-state index is 5.75. The standard InChI is InChI=1S/C22H31N3OS/c1-18-9-10-20(16-19(18)2)23-22(27)25(17-21-8-7-15-26-21)14-13-24-11-5-3-4-6-12-24/h7-10,15-16H,3-6,11-14,17H2,1-2H3,(H,23,27). The van der Waals surface area contributed by atoms with Gasteiger partial charge in [0.25, 0.3) is 0 Å². The monoisotopic (exact) mass is 385 g/mol. The number of hydrogen-bond donors (Lipinski definition) is 1. The van der Waals surface area contributed by atoms with E-state index in [0.29, 0.717) is 6.54 Å². The maximum atomic E-state index is 5.75. The van der Waals surface area contributed by atoms with Crippen LogP contribution in [-0.4, -0.2) is 41.1 Å². The Morgan fingerprint density at radius 1 is 1.11 bits per heavy atom. The SMILES string of the molecule is Cc1ccc(NC(=S)N(CCN2CCCCCC2)Cc2ccco2)cc1C. The molecule has 1 saturated heterocycles. The number of aryl methyl sites for hydroxylation is 2. The van der Waals surface area contributed by atoms with Gasteiger partial charge in [0.2, 0.25) is 0 Å². The van der Waals surface area contributed by atoms with Crippen LogP contribution in [0.5, 0.6) is 0 Å². The van der Waals surface area contributed by atoms with Gasteiger partial charge in [0.1, 0.15) is 5.76 Å². The molecule has 2 heterocycles. The number of hydrogen-bond acceptors (Lipinski definition) is 3. The molecule has 0 amide bonds. The Labute approximate surface area is 168 Å². The minimum absolute atomic E-state index is 0.692. The average Bonchev–Trinajstić information content (AvgIpc) is 3.03. The Kier molecular flexibility index (Phi) is 7.30. The van der Waals surface area contributed by atoms with Gasteiger partial charge in [0.15, 0.2) is 5.11 Å². The number of thiocarbonyl (C=S) groups is 1. The zero-order chi connectivity index (χ0) is 19.1. The van der Waals surface area contributed by atoms with Crippen molar-refractivity contribution in [1.29, 1.82) is 0 Å². The average molecular weight is 386 g/mol. The van der Waals surface area contributed by atoms with E-state index in [4.69, 9.17) is 16.6 Å². The molecule has 0 aliphatic carbocycles. The van der Waals surface area contributed by atoms with Crippen LogP contribution in [0.25, 0.3) is 0 Å². The number of rotatable bonds is 6. The van der Waals surface area contributed by atoms with Gasteiger partial charge in [-0.1, -0.05) is 18.9 Å². The van der Waals surface area contributed by atoms with E-state index >= 15 is 0 Å². The Balaban J connectivity index is 1.64. The zero-order valence-corrected chi connectivity index (χ0v) is 17.4. The van der Waals surface area contributed by atoms with Crippen LogP contribution in [0.3, 0.4) is 0 Å². The number of nitrogens with one attached hydrogen (secondary N) is 1. The minimum atomic E-state index is 0.692. The van der Waals surface area contributed by atoms with E-state index in [1.807, 2.05) is 12.1 Å². The molecule has 0 unspecified atom stereocenters. The third-order valence-electron chi connectivity index (χ3n) is 5.36. The Bertz CT molecular complexity index is 721. The van der Waals surface area contributed by atoms with Crippen molar-refractivity contribution >= 4 is 23.0 Å². The highest BCUT2D eigenvalue weighted by molar-refractivity contribution is 7.80. The van der Waals surface area contributed by atoms with Gasteiger partial charge in [-0.05, 0) is 87.4 Å². The lowest BCUT2D eigenvalue weighted by Gasteiger charge is -2.28. The quantitative estimate of drug-likeness (QED) is 0.710.